The molecule has 2 atom stereocenters. The van der Waals surface area contributed by atoms with Crippen LogP contribution in [0.4, 0.5) is 10.5 Å². The van der Waals surface area contributed by atoms with Gasteiger partial charge in [-0.15, -0.1) is 15.0 Å². The first-order valence-corrected chi connectivity index (χ1v) is 23.9. The second-order valence-corrected chi connectivity index (χ2v) is 19.9. The van der Waals surface area contributed by atoms with Gasteiger partial charge in [0.2, 0.25) is 17.6 Å². The highest BCUT2D eigenvalue weighted by Gasteiger charge is 2.41. The summed E-state index contributed by atoms with van der Waals surface area (Å²) in [5.74, 6) is -0.313. The molecule has 1 aliphatic rings. The number of benzene rings is 6. The second-order valence-electron chi connectivity index (χ2n) is 18.5. The van der Waals surface area contributed by atoms with Crippen LogP contribution in [0.25, 0.3) is 22.5 Å². The summed E-state index contributed by atoms with van der Waals surface area (Å²) < 4.78 is 18.1. The summed E-state index contributed by atoms with van der Waals surface area (Å²) >= 11 is 0. The number of anilines is 1. The monoisotopic (exact) mass is 913 g/mol. The Labute approximate surface area is 394 Å². The van der Waals surface area contributed by atoms with Crippen molar-refractivity contribution in [1.29, 1.82) is 0 Å². The van der Waals surface area contributed by atoms with Gasteiger partial charge in [0.1, 0.15) is 11.6 Å². The van der Waals surface area contributed by atoms with Crippen LogP contribution < -0.4 is 15.5 Å². The lowest BCUT2D eigenvalue weighted by Crippen LogP contribution is -2.52. The largest absolute Gasteiger partial charge is 0.444 e. The van der Waals surface area contributed by atoms with Crippen molar-refractivity contribution in [2.45, 2.75) is 88.0 Å². The van der Waals surface area contributed by atoms with E-state index in [-0.39, 0.29) is 18.9 Å². The van der Waals surface area contributed by atoms with Crippen LogP contribution in [-0.2, 0) is 43.6 Å². The summed E-state index contributed by atoms with van der Waals surface area (Å²) in [4.78, 5) is 45.2. The minimum absolute atomic E-state index is 0.0972. The molecule has 342 valence electrons. The van der Waals surface area contributed by atoms with Crippen molar-refractivity contribution in [3.63, 3.8) is 0 Å². The number of rotatable bonds is 13. The predicted octanol–water partition coefficient (Wildman–Crippen LogP) is 9.24. The first-order valence-electron chi connectivity index (χ1n) is 22.4. The molecule has 2 unspecified atom stereocenters. The van der Waals surface area contributed by atoms with Gasteiger partial charge in [0, 0.05) is 45.2 Å². The van der Waals surface area contributed by atoms with E-state index in [1.165, 1.54) is 0 Å². The number of nitrogens with one attached hydrogen (secondary N) is 2. The number of hydrogen-bond acceptors (Lipinski definition) is 8. The Hall–Kier alpha value is -7.25. The fraction of sp³-hybridized carbons (Fsp3) is 0.259. The lowest BCUT2D eigenvalue weighted by molar-refractivity contribution is -0.128. The fourth-order valence-corrected chi connectivity index (χ4v) is 9.35. The van der Waals surface area contributed by atoms with Gasteiger partial charge in [-0.25, -0.2) is 4.79 Å². The molecule has 0 radical (unpaired) electrons. The van der Waals surface area contributed by atoms with E-state index in [2.05, 4.69) is 47.0 Å². The summed E-state index contributed by atoms with van der Waals surface area (Å²) in [6, 6.07) is 51.1. The average Bonchev–Trinajstić information content (AvgIpc) is 3.76. The minimum Gasteiger partial charge on any atom is -0.444 e. The Morgan fingerprint density at radius 3 is 1.90 bits per heavy atom. The third-order valence-corrected chi connectivity index (χ3v) is 12.7. The topological polar surface area (TPSA) is 148 Å². The SMILES string of the molecule is CS(=O)c1ccc2c(c1)CCC(NC(=O)CC(C)(C)NC(=O)OC(C)(C)C)C(=O)N2Cc1ccc(-c2ccccc2)c(-c2nnn(C(c3ccccc3)(c3ccccc3)c3ccccc3)n2)c1. The molecule has 0 spiro atoms. The standard InChI is InChI=1S/C54H55N7O5S/c1-52(2,3)66-51(64)56-53(4,5)35-48(62)55-46-31-28-39-34-43(67(6)65)29-32-47(39)60(50(46)63)36-37-27-30-44(38-19-11-7-12-20-38)45(33-37)49-57-59-61(58-49)54(40-21-13-8-14-22-40,41-23-15-9-16-24-41)42-25-17-10-18-26-42/h7-27,29-30,32-34,46H,28,31,35-36H2,1-6H3,(H,55,62)(H,56,64). The zero-order valence-corrected chi connectivity index (χ0v) is 39.4. The van der Waals surface area contributed by atoms with E-state index in [4.69, 9.17) is 20.1 Å². The van der Waals surface area contributed by atoms with Crippen LogP contribution in [0.3, 0.4) is 0 Å². The van der Waals surface area contributed by atoms with E-state index >= 15 is 0 Å². The van der Waals surface area contributed by atoms with Crippen LogP contribution in [-0.4, -0.2) is 65.8 Å². The van der Waals surface area contributed by atoms with E-state index in [0.29, 0.717) is 34.8 Å². The molecule has 1 aromatic heterocycles. The van der Waals surface area contributed by atoms with Crippen LogP contribution in [0.1, 0.15) is 75.3 Å². The molecule has 13 heteroatoms. The van der Waals surface area contributed by atoms with Crippen molar-refractivity contribution in [3.05, 3.63) is 186 Å². The molecule has 6 aromatic carbocycles. The number of nitrogens with zero attached hydrogens (tertiary/aromatic N) is 5. The fourth-order valence-electron chi connectivity index (χ4n) is 8.78. The van der Waals surface area contributed by atoms with Gasteiger partial charge >= 0.3 is 6.09 Å². The molecule has 8 rings (SSSR count). The number of aryl methyl sites for hydroxylation is 1. The molecule has 0 saturated carbocycles. The van der Waals surface area contributed by atoms with Crippen LogP contribution >= 0.6 is 0 Å². The summed E-state index contributed by atoms with van der Waals surface area (Å²) in [6.45, 7) is 8.90. The van der Waals surface area contributed by atoms with E-state index in [0.717, 1.165) is 38.9 Å². The van der Waals surface area contributed by atoms with Gasteiger partial charge in [0.15, 0.2) is 5.54 Å². The van der Waals surface area contributed by atoms with Gasteiger partial charge in [-0.05, 0) is 116 Å². The van der Waals surface area contributed by atoms with Gasteiger partial charge in [0.05, 0.1) is 6.54 Å². The zero-order valence-electron chi connectivity index (χ0n) is 38.6. The molecule has 1 aliphatic heterocycles. The van der Waals surface area contributed by atoms with Gasteiger partial charge in [0.25, 0.3) is 0 Å². The number of carbonyl (C=O) groups excluding carboxylic acids is 3. The quantitative estimate of drug-likeness (QED) is 0.109. The lowest BCUT2D eigenvalue weighted by Gasteiger charge is -2.34. The number of amides is 3. The zero-order chi connectivity index (χ0) is 47.3. The molecule has 2 N–H and O–H groups in total. The Morgan fingerprint density at radius 1 is 0.746 bits per heavy atom. The van der Waals surface area contributed by atoms with Gasteiger partial charge in [-0.2, -0.15) is 0 Å². The Kier molecular flexibility index (Phi) is 13.3. The van der Waals surface area contributed by atoms with Crippen molar-refractivity contribution < 1.29 is 23.3 Å². The molecule has 2 heterocycles. The van der Waals surface area contributed by atoms with Crippen molar-refractivity contribution in [3.8, 4) is 22.5 Å². The van der Waals surface area contributed by atoms with Crippen LogP contribution in [0, 0.1) is 0 Å². The Morgan fingerprint density at radius 2 is 1.33 bits per heavy atom. The Balaban J connectivity index is 1.19. The average molecular weight is 914 g/mol. The van der Waals surface area contributed by atoms with Gasteiger partial charge in [-0.3, -0.25) is 13.8 Å². The number of carbonyl (C=O) groups is 3. The molecule has 12 nitrogen and oxygen atoms in total. The molecule has 7 aromatic rings. The third-order valence-electron chi connectivity index (χ3n) is 11.8. The number of tetrazole rings is 1. The molecule has 0 bridgehead atoms. The Bertz CT molecular complexity index is 2800. The minimum atomic E-state index is -1.26. The van der Waals surface area contributed by atoms with E-state index in [1.54, 1.807) is 56.6 Å². The molecular formula is C54H55N7O5S. The molecule has 3 amide bonds. The van der Waals surface area contributed by atoms with Crippen molar-refractivity contribution in [2.24, 2.45) is 0 Å². The van der Waals surface area contributed by atoms with Gasteiger partial charge < -0.3 is 20.3 Å². The van der Waals surface area contributed by atoms with Crippen molar-refractivity contribution in [2.75, 3.05) is 11.2 Å². The maximum Gasteiger partial charge on any atom is 0.408 e. The summed E-state index contributed by atoms with van der Waals surface area (Å²) in [7, 11) is -1.26. The first-order chi connectivity index (χ1) is 32.1. The van der Waals surface area contributed by atoms with Crippen molar-refractivity contribution >= 4 is 34.4 Å². The molecule has 0 aliphatic carbocycles. The summed E-state index contributed by atoms with van der Waals surface area (Å²) in [6.07, 6.45) is 1.65. The van der Waals surface area contributed by atoms with Crippen LogP contribution in [0.2, 0.25) is 0 Å². The van der Waals surface area contributed by atoms with E-state index < -0.39 is 45.5 Å². The highest BCUT2D eigenvalue weighted by molar-refractivity contribution is 7.84. The van der Waals surface area contributed by atoms with Crippen molar-refractivity contribution in [1.82, 2.24) is 30.8 Å². The predicted molar refractivity (Wildman–Crippen MR) is 262 cm³/mol. The normalized spacial score (nSPS) is 14.7. The van der Waals surface area contributed by atoms with Crippen LogP contribution in [0.15, 0.2) is 163 Å². The maximum absolute atomic E-state index is 14.9. The number of hydrogen-bond donors (Lipinski definition) is 2. The van der Waals surface area contributed by atoms with E-state index in [9.17, 15) is 18.6 Å². The third kappa shape index (κ3) is 10.3. The highest BCUT2D eigenvalue weighted by Crippen LogP contribution is 2.41. The molecule has 0 fully saturated rings. The van der Waals surface area contributed by atoms with E-state index in [1.807, 2.05) is 115 Å². The highest BCUT2D eigenvalue weighted by atomic mass is 32.2. The number of ether oxygens (including phenoxy) is 1. The molecule has 67 heavy (non-hydrogen) atoms. The lowest BCUT2D eigenvalue weighted by atomic mass is 9.77. The smallest absolute Gasteiger partial charge is 0.408 e. The summed E-state index contributed by atoms with van der Waals surface area (Å²) in [5.41, 5.74) is 4.99. The first kappa shape index (κ1) is 46.3. The number of alkyl carbamates (subject to hydrolysis) is 1. The molecular weight excluding hydrogens is 859 g/mol. The second kappa shape index (κ2) is 19.3. The summed E-state index contributed by atoms with van der Waals surface area (Å²) in [5, 5.41) is 20.7. The van der Waals surface area contributed by atoms with Gasteiger partial charge in [-0.1, -0.05) is 133 Å². The molecule has 0 saturated heterocycles. The van der Waals surface area contributed by atoms with Crippen LogP contribution in [0.5, 0.6) is 0 Å². The maximum atomic E-state index is 14.9. The number of aromatic nitrogens is 4. The number of fused-ring (bicyclic) bond motifs is 1.